The second-order valence-electron chi connectivity index (χ2n) is 3.02. The van der Waals surface area contributed by atoms with Crippen LogP contribution < -0.4 is 0 Å². The fraction of sp³-hybridized carbons (Fsp3) is 1.00. The number of rotatable bonds is 1. The van der Waals surface area contributed by atoms with Gasteiger partial charge in [0.05, 0.1) is 12.2 Å². The Morgan fingerprint density at radius 3 is 2.67 bits per heavy atom. The van der Waals surface area contributed by atoms with E-state index in [1.807, 2.05) is 0 Å². The van der Waals surface area contributed by atoms with Crippen LogP contribution in [0.15, 0.2) is 0 Å². The summed E-state index contributed by atoms with van der Waals surface area (Å²) in [7, 11) is 0. The highest BCUT2D eigenvalue weighted by molar-refractivity contribution is 9.09. The van der Waals surface area contributed by atoms with Gasteiger partial charge < -0.3 is 4.74 Å². The highest BCUT2D eigenvalue weighted by Gasteiger charge is 2.39. The molecule has 3 atom stereocenters. The molecule has 2 aliphatic rings. The van der Waals surface area contributed by atoms with Crippen molar-refractivity contribution >= 4 is 15.9 Å². The molecule has 0 aromatic carbocycles. The lowest BCUT2D eigenvalue weighted by atomic mass is 9.91. The molecule has 2 heteroatoms. The van der Waals surface area contributed by atoms with E-state index in [-0.39, 0.29) is 0 Å². The maximum atomic E-state index is 5.65. The van der Waals surface area contributed by atoms with Gasteiger partial charge in [0, 0.05) is 5.33 Å². The van der Waals surface area contributed by atoms with E-state index in [9.17, 15) is 0 Å². The van der Waals surface area contributed by atoms with Crippen molar-refractivity contribution in [2.24, 2.45) is 5.92 Å². The Labute approximate surface area is 63.9 Å². The summed E-state index contributed by atoms with van der Waals surface area (Å²) < 4.78 is 5.65. The fourth-order valence-electron chi connectivity index (χ4n) is 1.91. The van der Waals surface area contributed by atoms with E-state index in [0.29, 0.717) is 12.2 Å². The van der Waals surface area contributed by atoms with Crippen LogP contribution in [-0.2, 0) is 4.74 Å². The molecule has 1 nitrogen and oxygen atoms in total. The van der Waals surface area contributed by atoms with Crippen LogP contribution in [0, 0.1) is 5.92 Å². The predicted octanol–water partition coefficient (Wildman–Crippen LogP) is 1.95. The summed E-state index contributed by atoms with van der Waals surface area (Å²) in [6, 6.07) is 0. The van der Waals surface area contributed by atoms with Gasteiger partial charge in [0.1, 0.15) is 0 Å². The summed E-state index contributed by atoms with van der Waals surface area (Å²) in [4.78, 5) is 0. The van der Waals surface area contributed by atoms with Crippen molar-refractivity contribution in [3.05, 3.63) is 0 Å². The van der Waals surface area contributed by atoms with Gasteiger partial charge in [0.15, 0.2) is 0 Å². The Kier molecular flexibility index (Phi) is 1.54. The molecule has 0 aromatic rings. The minimum Gasteiger partial charge on any atom is -0.375 e. The zero-order chi connectivity index (χ0) is 6.27. The van der Waals surface area contributed by atoms with Gasteiger partial charge in [-0.3, -0.25) is 0 Å². The van der Waals surface area contributed by atoms with Crippen LogP contribution in [0.4, 0.5) is 0 Å². The minimum absolute atomic E-state index is 0.606. The monoisotopic (exact) mass is 190 g/mol. The van der Waals surface area contributed by atoms with Crippen LogP contribution in [0.1, 0.15) is 19.3 Å². The van der Waals surface area contributed by atoms with Crippen molar-refractivity contribution in [3.63, 3.8) is 0 Å². The molecule has 0 spiro atoms. The largest absolute Gasteiger partial charge is 0.375 e. The Hall–Kier alpha value is 0.440. The quantitative estimate of drug-likeness (QED) is 0.575. The maximum Gasteiger partial charge on any atom is 0.0616 e. The molecule has 0 amide bonds. The van der Waals surface area contributed by atoms with Gasteiger partial charge in [-0.15, -0.1) is 0 Å². The average molecular weight is 191 g/mol. The molecule has 9 heavy (non-hydrogen) atoms. The van der Waals surface area contributed by atoms with Gasteiger partial charge >= 0.3 is 0 Å². The summed E-state index contributed by atoms with van der Waals surface area (Å²) in [6.07, 6.45) is 5.15. The van der Waals surface area contributed by atoms with Crippen molar-refractivity contribution in [1.29, 1.82) is 0 Å². The Balaban J connectivity index is 2.01. The summed E-state index contributed by atoms with van der Waals surface area (Å²) in [5, 5.41) is 1.13. The van der Waals surface area contributed by atoms with Crippen molar-refractivity contribution in [1.82, 2.24) is 0 Å². The first-order valence-corrected chi connectivity index (χ1v) is 4.73. The minimum atomic E-state index is 0.606. The van der Waals surface area contributed by atoms with E-state index in [1.54, 1.807) is 0 Å². The van der Waals surface area contributed by atoms with Gasteiger partial charge in [-0.2, -0.15) is 0 Å². The molecule has 0 saturated carbocycles. The van der Waals surface area contributed by atoms with Crippen molar-refractivity contribution in [2.45, 2.75) is 31.5 Å². The summed E-state index contributed by atoms with van der Waals surface area (Å²) in [5.74, 6) is 0.823. The summed E-state index contributed by atoms with van der Waals surface area (Å²) in [6.45, 7) is 0. The average Bonchev–Trinajstić information content (AvgIpc) is 2.45. The van der Waals surface area contributed by atoms with E-state index in [2.05, 4.69) is 15.9 Å². The van der Waals surface area contributed by atoms with Gasteiger partial charge in [0.25, 0.3) is 0 Å². The van der Waals surface area contributed by atoms with E-state index < -0.39 is 0 Å². The third kappa shape index (κ3) is 0.926. The van der Waals surface area contributed by atoms with Crippen molar-refractivity contribution in [2.75, 3.05) is 5.33 Å². The molecule has 2 rings (SSSR count). The first-order valence-electron chi connectivity index (χ1n) is 3.61. The zero-order valence-corrected chi connectivity index (χ0v) is 6.93. The number of hydrogen-bond donors (Lipinski definition) is 0. The molecule has 2 bridgehead atoms. The molecule has 2 aliphatic heterocycles. The highest BCUT2D eigenvalue weighted by Crippen LogP contribution is 2.39. The molecule has 2 heterocycles. The summed E-state index contributed by atoms with van der Waals surface area (Å²) >= 11 is 3.50. The van der Waals surface area contributed by atoms with Crippen LogP contribution in [0.3, 0.4) is 0 Å². The first kappa shape index (κ1) is 6.17. The highest BCUT2D eigenvalue weighted by atomic mass is 79.9. The predicted molar refractivity (Wildman–Crippen MR) is 39.8 cm³/mol. The molecule has 0 aromatic heterocycles. The topological polar surface area (TPSA) is 9.23 Å². The maximum absolute atomic E-state index is 5.65. The molecule has 2 fully saturated rings. The normalized spacial score (nSPS) is 48.3. The van der Waals surface area contributed by atoms with E-state index >= 15 is 0 Å². The standard InChI is InChI=1S/C7H11BrO/c8-4-5-3-6-1-2-7(5)9-6/h5-7H,1-4H2/t5-,6+,7-/m0/s1. The number of alkyl halides is 1. The molecule has 0 N–H and O–H groups in total. The lowest BCUT2D eigenvalue weighted by molar-refractivity contribution is 0.0956. The SMILES string of the molecule is BrC[C@@H]1C[C@H]2CC[C@@H]1O2. The molecule has 2 saturated heterocycles. The van der Waals surface area contributed by atoms with Crippen LogP contribution in [0.25, 0.3) is 0 Å². The van der Waals surface area contributed by atoms with Crippen molar-refractivity contribution < 1.29 is 4.74 Å². The van der Waals surface area contributed by atoms with Crippen LogP contribution in [-0.4, -0.2) is 17.5 Å². The molecular weight excluding hydrogens is 180 g/mol. The third-order valence-corrected chi connectivity index (χ3v) is 3.26. The lowest BCUT2D eigenvalue weighted by Crippen LogP contribution is -2.16. The second-order valence-corrected chi connectivity index (χ2v) is 3.67. The second kappa shape index (κ2) is 2.24. The van der Waals surface area contributed by atoms with E-state index in [1.165, 1.54) is 19.3 Å². The molecule has 0 unspecified atom stereocenters. The van der Waals surface area contributed by atoms with Gasteiger partial charge in [0.2, 0.25) is 0 Å². The Morgan fingerprint density at radius 2 is 2.33 bits per heavy atom. The van der Waals surface area contributed by atoms with E-state index in [0.717, 1.165) is 11.2 Å². The zero-order valence-electron chi connectivity index (χ0n) is 5.35. The number of halogens is 1. The smallest absolute Gasteiger partial charge is 0.0616 e. The Bertz CT molecular complexity index is 115. The van der Waals surface area contributed by atoms with Crippen LogP contribution >= 0.6 is 15.9 Å². The fourth-order valence-corrected chi connectivity index (χ4v) is 2.59. The van der Waals surface area contributed by atoms with Crippen LogP contribution in [0.2, 0.25) is 0 Å². The first-order chi connectivity index (χ1) is 4.40. The molecular formula is C7H11BrO. The van der Waals surface area contributed by atoms with E-state index in [4.69, 9.17) is 4.74 Å². The molecule has 0 radical (unpaired) electrons. The van der Waals surface area contributed by atoms with Crippen molar-refractivity contribution in [3.8, 4) is 0 Å². The Morgan fingerprint density at radius 1 is 1.44 bits per heavy atom. The lowest BCUT2D eigenvalue weighted by Gasteiger charge is -2.14. The summed E-state index contributed by atoms with van der Waals surface area (Å²) in [5.41, 5.74) is 0. The van der Waals surface area contributed by atoms with Gasteiger partial charge in [-0.25, -0.2) is 0 Å². The number of hydrogen-bond acceptors (Lipinski definition) is 1. The molecule has 0 aliphatic carbocycles. The van der Waals surface area contributed by atoms with Gasteiger partial charge in [-0.05, 0) is 25.2 Å². The number of ether oxygens (including phenoxy) is 1. The van der Waals surface area contributed by atoms with Crippen LogP contribution in [0.5, 0.6) is 0 Å². The molecule has 52 valence electrons. The third-order valence-electron chi connectivity index (χ3n) is 2.43. The van der Waals surface area contributed by atoms with Gasteiger partial charge in [-0.1, -0.05) is 15.9 Å². The number of fused-ring (bicyclic) bond motifs is 2.